The van der Waals surface area contributed by atoms with Crippen molar-refractivity contribution in [3.8, 4) is 0 Å². The van der Waals surface area contributed by atoms with Gasteiger partial charge in [0.05, 0.1) is 11.3 Å². The van der Waals surface area contributed by atoms with Gasteiger partial charge in [0.25, 0.3) is 5.91 Å². The molecule has 4 rings (SSSR count). The van der Waals surface area contributed by atoms with Crippen molar-refractivity contribution in [3.05, 3.63) is 51.0 Å². The van der Waals surface area contributed by atoms with E-state index < -0.39 is 0 Å². The van der Waals surface area contributed by atoms with Gasteiger partial charge in [-0.2, -0.15) is 0 Å². The second kappa shape index (κ2) is 11.4. The quantitative estimate of drug-likeness (QED) is 0.718. The monoisotopic (exact) mass is 470 g/mol. The number of amides is 1. The van der Waals surface area contributed by atoms with E-state index in [1.807, 2.05) is 11.1 Å². The SMILES string of the molecule is CCc1ccc(CN2CCc3c(C(=O)N4CCC(CN)CC4)csc3C2)nc1.Cl.Cl. The molecule has 1 amide bonds. The summed E-state index contributed by atoms with van der Waals surface area (Å²) in [6.45, 7) is 7.35. The summed E-state index contributed by atoms with van der Waals surface area (Å²) in [4.78, 5) is 23.4. The number of aryl methyl sites for hydroxylation is 1. The highest BCUT2D eigenvalue weighted by Crippen LogP contribution is 2.31. The van der Waals surface area contributed by atoms with E-state index >= 15 is 0 Å². The molecule has 0 bridgehead atoms. The molecule has 0 spiro atoms. The summed E-state index contributed by atoms with van der Waals surface area (Å²) < 4.78 is 0. The van der Waals surface area contributed by atoms with Crippen molar-refractivity contribution in [1.29, 1.82) is 0 Å². The van der Waals surface area contributed by atoms with Crippen LogP contribution in [-0.4, -0.2) is 46.9 Å². The number of nitrogens with two attached hydrogens (primary N) is 1. The van der Waals surface area contributed by atoms with E-state index in [-0.39, 0.29) is 30.7 Å². The van der Waals surface area contributed by atoms with Crippen molar-refractivity contribution in [2.45, 2.75) is 45.7 Å². The topological polar surface area (TPSA) is 62.5 Å². The van der Waals surface area contributed by atoms with Crippen molar-refractivity contribution in [2.75, 3.05) is 26.2 Å². The molecular weight excluding hydrogens is 439 g/mol. The first-order valence-electron chi connectivity index (χ1n) is 10.4. The number of nitrogens with zero attached hydrogens (tertiary/aromatic N) is 3. The number of carbonyl (C=O) groups is 1. The molecule has 0 atom stereocenters. The van der Waals surface area contributed by atoms with Gasteiger partial charge in [-0.1, -0.05) is 13.0 Å². The minimum Gasteiger partial charge on any atom is -0.339 e. The first-order valence-corrected chi connectivity index (χ1v) is 11.3. The van der Waals surface area contributed by atoms with E-state index in [1.165, 1.54) is 16.0 Å². The van der Waals surface area contributed by atoms with Crippen LogP contribution >= 0.6 is 36.2 Å². The van der Waals surface area contributed by atoms with Crippen molar-refractivity contribution in [1.82, 2.24) is 14.8 Å². The van der Waals surface area contributed by atoms with Crippen LogP contribution in [0.1, 0.15) is 51.8 Å². The second-order valence-electron chi connectivity index (χ2n) is 7.99. The molecule has 0 unspecified atom stereocenters. The molecule has 2 aromatic heterocycles. The lowest BCUT2D eigenvalue weighted by Crippen LogP contribution is -2.40. The number of piperidine rings is 1. The lowest BCUT2D eigenvalue weighted by Gasteiger charge is -2.32. The first-order chi connectivity index (χ1) is 13.7. The molecule has 0 aromatic carbocycles. The summed E-state index contributed by atoms with van der Waals surface area (Å²) in [7, 11) is 0. The van der Waals surface area contributed by atoms with Gasteiger partial charge in [0, 0.05) is 49.2 Å². The van der Waals surface area contributed by atoms with Crippen LogP contribution in [0, 0.1) is 5.92 Å². The van der Waals surface area contributed by atoms with Gasteiger partial charge in [0.15, 0.2) is 0 Å². The molecule has 2 aliphatic rings. The fraction of sp³-hybridized carbons (Fsp3) is 0.545. The molecule has 0 aliphatic carbocycles. The molecule has 5 nitrogen and oxygen atoms in total. The van der Waals surface area contributed by atoms with Crippen molar-refractivity contribution in [2.24, 2.45) is 11.7 Å². The Hall–Kier alpha value is -1.18. The van der Waals surface area contributed by atoms with E-state index in [9.17, 15) is 4.79 Å². The Morgan fingerprint density at radius 3 is 2.63 bits per heavy atom. The fourth-order valence-corrected chi connectivity index (χ4v) is 5.34. The molecular formula is C22H32Cl2N4OS. The van der Waals surface area contributed by atoms with E-state index in [1.54, 1.807) is 11.3 Å². The van der Waals surface area contributed by atoms with Gasteiger partial charge in [-0.15, -0.1) is 36.2 Å². The van der Waals surface area contributed by atoms with Crippen LogP contribution in [0.2, 0.25) is 0 Å². The van der Waals surface area contributed by atoms with Crippen molar-refractivity contribution >= 4 is 42.1 Å². The van der Waals surface area contributed by atoms with E-state index in [4.69, 9.17) is 5.73 Å². The zero-order chi connectivity index (χ0) is 19.5. The van der Waals surface area contributed by atoms with Crippen LogP contribution in [0.4, 0.5) is 0 Å². The molecule has 2 N–H and O–H groups in total. The molecule has 0 saturated carbocycles. The van der Waals surface area contributed by atoms with Crippen LogP contribution in [0.5, 0.6) is 0 Å². The lowest BCUT2D eigenvalue weighted by atomic mass is 9.96. The van der Waals surface area contributed by atoms with E-state index in [0.717, 1.165) is 76.2 Å². The molecule has 2 aliphatic heterocycles. The number of hydrogen-bond acceptors (Lipinski definition) is 5. The number of thiophene rings is 1. The number of hydrogen-bond donors (Lipinski definition) is 1. The maximum Gasteiger partial charge on any atom is 0.254 e. The largest absolute Gasteiger partial charge is 0.339 e. The predicted octanol–water partition coefficient (Wildman–Crippen LogP) is 3.92. The number of fused-ring (bicyclic) bond motifs is 1. The first kappa shape index (κ1) is 25.1. The molecule has 8 heteroatoms. The number of halogens is 2. The van der Waals surface area contributed by atoms with Crippen LogP contribution in [0.15, 0.2) is 23.7 Å². The highest BCUT2D eigenvalue weighted by molar-refractivity contribution is 7.10. The number of aromatic nitrogens is 1. The maximum absolute atomic E-state index is 13.0. The predicted molar refractivity (Wildman–Crippen MR) is 128 cm³/mol. The smallest absolute Gasteiger partial charge is 0.254 e. The summed E-state index contributed by atoms with van der Waals surface area (Å²) in [5, 5.41) is 2.08. The van der Waals surface area contributed by atoms with Crippen LogP contribution in [0.3, 0.4) is 0 Å². The average Bonchev–Trinajstić information content (AvgIpc) is 3.17. The summed E-state index contributed by atoms with van der Waals surface area (Å²) in [6.07, 6.45) is 6.03. The number of carbonyl (C=O) groups excluding carboxylic acids is 1. The molecule has 166 valence electrons. The molecule has 1 fully saturated rings. The molecule has 2 aromatic rings. The zero-order valence-electron chi connectivity index (χ0n) is 17.5. The number of likely N-dealkylation sites (tertiary alicyclic amines) is 1. The minimum atomic E-state index is 0. The normalized spacial score (nSPS) is 17.1. The third kappa shape index (κ3) is 5.54. The lowest BCUT2D eigenvalue weighted by molar-refractivity contribution is 0.0692. The molecule has 0 radical (unpaired) electrons. The summed E-state index contributed by atoms with van der Waals surface area (Å²) in [5.74, 6) is 0.798. The summed E-state index contributed by atoms with van der Waals surface area (Å²) in [5.41, 5.74) is 10.4. The fourth-order valence-electron chi connectivity index (χ4n) is 4.22. The van der Waals surface area contributed by atoms with Gasteiger partial charge in [-0.25, -0.2) is 0 Å². The zero-order valence-corrected chi connectivity index (χ0v) is 20.0. The van der Waals surface area contributed by atoms with Crippen LogP contribution in [-0.2, 0) is 25.9 Å². The summed E-state index contributed by atoms with van der Waals surface area (Å²) >= 11 is 1.74. The second-order valence-corrected chi connectivity index (χ2v) is 8.96. The maximum atomic E-state index is 13.0. The standard InChI is InChI=1S/C22H30N4OS.2ClH/c1-2-16-3-4-18(24-12-16)13-25-8-7-19-20(15-28-21(19)14-25)22(27)26-9-5-17(11-23)6-10-26;;/h3-4,12,15,17H,2,5-11,13-14,23H2,1H3;2*1H. The van der Waals surface area contributed by atoms with Crippen LogP contribution in [0.25, 0.3) is 0 Å². The molecule has 1 saturated heterocycles. The third-order valence-corrected chi connectivity index (χ3v) is 7.18. The Labute approximate surface area is 195 Å². The van der Waals surface area contributed by atoms with E-state index in [2.05, 4.69) is 34.3 Å². The third-order valence-electron chi connectivity index (χ3n) is 6.17. The Balaban J connectivity index is 0.00000160. The van der Waals surface area contributed by atoms with Gasteiger partial charge in [0.2, 0.25) is 0 Å². The number of rotatable bonds is 5. The van der Waals surface area contributed by atoms with Gasteiger partial charge in [-0.3, -0.25) is 14.7 Å². The molecule has 30 heavy (non-hydrogen) atoms. The average molecular weight is 471 g/mol. The Morgan fingerprint density at radius 2 is 2.00 bits per heavy atom. The van der Waals surface area contributed by atoms with Gasteiger partial charge >= 0.3 is 0 Å². The Kier molecular flexibility index (Phi) is 9.57. The van der Waals surface area contributed by atoms with Crippen LogP contribution < -0.4 is 5.73 Å². The van der Waals surface area contributed by atoms with E-state index in [0.29, 0.717) is 5.92 Å². The minimum absolute atomic E-state index is 0. The summed E-state index contributed by atoms with van der Waals surface area (Å²) in [6, 6.07) is 4.32. The van der Waals surface area contributed by atoms with Crippen molar-refractivity contribution in [3.63, 3.8) is 0 Å². The highest BCUT2D eigenvalue weighted by Gasteiger charge is 2.28. The van der Waals surface area contributed by atoms with Gasteiger partial charge in [0.1, 0.15) is 0 Å². The Bertz CT molecular complexity index is 819. The molecule has 4 heterocycles. The highest BCUT2D eigenvalue weighted by atomic mass is 35.5. The van der Waals surface area contributed by atoms with Gasteiger partial charge < -0.3 is 10.6 Å². The van der Waals surface area contributed by atoms with Crippen molar-refractivity contribution < 1.29 is 4.79 Å². The number of pyridine rings is 1. The Morgan fingerprint density at radius 1 is 1.23 bits per heavy atom. The van der Waals surface area contributed by atoms with Gasteiger partial charge in [-0.05, 0) is 55.3 Å².